The maximum absolute atomic E-state index is 13.3. The molecule has 0 radical (unpaired) electrons. The van der Waals surface area contributed by atoms with Crippen molar-refractivity contribution in [2.24, 2.45) is 5.10 Å². The second-order valence-corrected chi connectivity index (χ2v) is 9.76. The first-order chi connectivity index (χ1) is 14.3. The molecule has 0 fully saturated rings. The number of nitrogens with one attached hydrogen (secondary N) is 1. The minimum absolute atomic E-state index is 0.0918. The molecule has 1 N–H and O–H groups in total. The predicted octanol–water partition coefficient (Wildman–Crippen LogP) is 4.45. The lowest BCUT2D eigenvalue weighted by molar-refractivity contribution is -0.119. The van der Waals surface area contributed by atoms with Crippen LogP contribution in [0.2, 0.25) is 5.02 Å². The van der Waals surface area contributed by atoms with Gasteiger partial charge in [0.05, 0.1) is 16.3 Å². The van der Waals surface area contributed by atoms with Crippen molar-refractivity contribution < 1.29 is 13.2 Å². The number of halogens is 1. The van der Waals surface area contributed by atoms with E-state index in [9.17, 15) is 13.2 Å². The van der Waals surface area contributed by atoms with E-state index in [2.05, 4.69) is 10.5 Å². The van der Waals surface area contributed by atoms with Crippen LogP contribution in [0.4, 0.5) is 5.69 Å². The Kier molecular flexibility index (Phi) is 6.91. The summed E-state index contributed by atoms with van der Waals surface area (Å²) >= 11 is 7.44. The first kappa shape index (κ1) is 22.0. The van der Waals surface area contributed by atoms with Crippen molar-refractivity contribution in [3.63, 3.8) is 0 Å². The zero-order valence-corrected chi connectivity index (χ0v) is 18.8. The molecule has 0 atom stereocenters. The van der Waals surface area contributed by atoms with Crippen molar-refractivity contribution in [3.05, 3.63) is 81.5 Å². The highest BCUT2D eigenvalue weighted by Crippen LogP contribution is 2.25. The third-order valence-corrected chi connectivity index (χ3v) is 7.26. The molecule has 1 heterocycles. The maximum Gasteiger partial charge on any atom is 0.264 e. The molecule has 3 aromatic rings. The number of hydrogen-bond donors (Lipinski definition) is 1. The molecule has 0 saturated carbocycles. The predicted molar refractivity (Wildman–Crippen MR) is 122 cm³/mol. The van der Waals surface area contributed by atoms with Crippen molar-refractivity contribution in [2.75, 3.05) is 10.8 Å². The van der Waals surface area contributed by atoms with Gasteiger partial charge in [-0.3, -0.25) is 9.10 Å². The first-order valence-electron chi connectivity index (χ1n) is 8.99. The van der Waals surface area contributed by atoms with Gasteiger partial charge >= 0.3 is 0 Å². The number of hydrogen-bond acceptors (Lipinski definition) is 5. The number of carbonyl (C=O) groups is 1. The van der Waals surface area contributed by atoms with Gasteiger partial charge in [-0.25, -0.2) is 13.8 Å². The molecule has 6 nitrogen and oxygen atoms in total. The first-order valence-corrected chi connectivity index (χ1v) is 11.7. The van der Waals surface area contributed by atoms with Gasteiger partial charge in [0.25, 0.3) is 15.9 Å². The molecule has 0 aliphatic rings. The van der Waals surface area contributed by atoms with E-state index in [1.54, 1.807) is 43.3 Å². The van der Waals surface area contributed by atoms with E-state index >= 15 is 0 Å². The molecule has 0 spiro atoms. The van der Waals surface area contributed by atoms with Crippen LogP contribution in [0, 0.1) is 6.92 Å². The monoisotopic (exact) mass is 461 g/mol. The number of benzene rings is 2. The van der Waals surface area contributed by atoms with Gasteiger partial charge in [0.15, 0.2) is 0 Å². The van der Waals surface area contributed by atoms with Crippen LogP contribution in [0.3, 0.4) is 0 Å². The Morgan fingerprint density at radius 3 is 2.37 bits per heavy atom. The van der Waals surface area contributed by atoms with Crippen LogP contribution >= 0.6 is 22.9 Å². The highest BCUT2D eigenvalue weighted by molar-refractivity contribution is 7.92. The molecule has 2 aromatic carbocycles. The Hall–Kier alpha value is -2.68. The van der Waals surface area contributed by atoms with E-state index in [-0.39, 0.29) is 4.90 Å². The van der Waals surface area contributed by atoms with E-state index in [1.807, 2.05) is 24.4 Å². The van der Waals surface area contributed by atoms with Crippen LogP contribution < -0.4 is 9.73 Å². The number of anilines is 1. The van der Waals surface area contributed by atoms with E-state index < -0.39 is 22.5 Å². The number of carbonyl (C=O) groups excluding carboxylic acids is 1. The van der Waals surface area contributed by atoms with E-state index in [1.165, 1.54) is 23.5 Å². The molecule has 9 heteroatoms. The van der Waals surface area contributed by atoms with Crippen LogP contribution in [0.15, 0.2) is 76.0 Å². The van der Waals surface area contributed by atoms with Gasteiger partial charge in [0.1, 0.15) is 6.54 Å². The Morgan fingerprint density at radius 2 is 1.77 bits per heavy atom. The number of hydrazone groups is 1. The molecule has 30 heavy (non-hydrogen) atoms. The van der Waals surface area contributed by atoms with Crippen LogP contribution in [0.5, 0.6) is 0 Å². The Bertz CT molecular complexity index is 1140. The fourth-order valence-electron chi connectivity index (χ4n) is 2.61. The molecular formula is C21H20ClN3O3S2. The number of nitrogens with zero attached hydrogens (tertiary/aromatic N) is 2. The van der Waals surface area contributed by atoms with Crippen molar-refractivity contribution in [3.8, 4) is 0 Å². The highest BCUT2D eigenvalue weighted by atomic mass is 35.5. The van der Waals surface area contributed by atoms with E-state index in [0.29, 0.717) is 16.4 Å². The lowest BCUT2D eigenvalue weighted by atomic mass is 10.2. The number of aryl methyl sites for hydroxylation is 1. The normalized spacial score (nSPS) is 11.9. The summed E-state index contributed by atoms with van der Waals surface area (Å²) in [5.41, 5.74) is 4.34. The SMILES string of the molecule is C/C(=N/NC(=O)CN(c1ccc(Cl)cc1)S(=O)(=O)c1ccc(C)cc1)c1cccs1. The van der Waals surface area contributed by atoms with Gasteiger partial charge in [-0.05, 0) is 61.7 Å². The molecule has 0 aliphatic carbocycles. The molecule has 0 saturated heterocycles. The molecular weight excluding hydrogens is 442 g/mol. The zero-order valence-electron chi connectivity index (χ0n) is 16.4. The molecule has 0 unspecified atom stereocenters. The summed E-state index contributed by atoms with van der Waals surface area (Å²) in [4.78, 5) is 13.6. The van der Waals surface area contributed by atoms with Gasteiger partial charge in [0, 0.05) is 9.90 Å². The summed E-state index contributed by atoms with van der Waals surface area (Å²) in [5, 5.41) is 6.45. The third kappa shape index (κ3) is 5.27. The van der Waals surface area contributed by atoms with Crippen LogP contribution in [0.25, 0.3) is 0 Å². The molecule has 0 aliphatic heterocycles. The number of rotatable bonds is 7. The number of sulfonamides is 1. The van der Waals surface area contributed by atoms with Crippen LogP contribution in [-0.2, 0) is 14.8 Å². The van der Waals surface area contributed by atoms with Crippen molar-refractivity contribution in [1.82, 2.24) is 5.43 Å². The fraction of sp³-hybridized carbons (Fsp3) is 0.143. The highest BCUT2D eigenvalue weighted by Gasteiger charge is 2.27. The van der Waals surface area contributed by atoms with E-state index in [4.69, 9.17) is 11.6 Å². The summed E-state index contributed by atoms with van der Waals surface area (Å²) in [5.74, 6) is -0.559. The minimum Gasteiger partial charge on any atom is -0.271 e. The smallest absolute Gasteiger partial charge is 0.264 e. The summed E-state index contributed by atoms with van der Waals surface area (Å²) in [6.07, 6.45) is 0. The van der Waals surface area contributed by atoms with Gasteiger partial charge in [-0.2, -0.15) is 5.10 Å². The summed E-state index contributed by atoms with van der Waals surface area (Å²) in [6.45, 7) is 3.21. The van der Waals surface area contributed by atoms with Crippen molar-refractivity contribution in [2.45, 2.75) is 18.7 Å². The maximum atomic E-state index is 13.3. The molecule has 3 rings (SSSR count). The zero-order chi connectivity index (χ0) is 21.7. The quantitative estimate of drug-likeness (QED) is 0.417. The van der Waals surface area contributed by atoms with Crippen LogP contribution in [-0.4, -0.2) is 26.6 Å². The van der Waals surface area contributed by atoms with Crippen LogP contribution in [0.1, 0.15) is 17.4 Å². The van der Waals surface area contributed by atoms with Gasteiger partial charge in [0.2, 0.25) is 0 Å². The lowest BCUT2D eigenvalue weighted by Crippen LogP contribution is -2.39. The molecule has 1 aromatic heterocycles. The third-order valence-electron chi connectivity index (χ3n) is 4.24. The Labute approximate surface area is 184 Å². The lowest BCUT2D eigenvalue weighted by Gasteiger charge is -2.24. The molecule has 1 amide bonds. The van der Waals surface area contributed by atoms with Gasteiger partial charge < -0.3 is 0 Å². The number of thiophene rings is 1. The fourth-order valence-corrected chi connectivity index (χ4v) is 4.84. The largest absolute Gasteiger partial charge is 0.271 e. The topological polar surface area (TPSA) is 78.8 Å². The van der Waals surface area contributed by atoms with Crippen molar-refractivity contribution in [1.29, 1.82) is 0 Å². The average molecular weight is 462 g/mol. The Morgan fingerprint density at radius 1 is 1.10 bits per heavy atom. The summed E-state index contributed by atoms with van der Waals surface area (Å²) in [6, 6.07) is 16.5. The van der Waals surface area contributed by atoms with Gasteiger partial charge in [-0.15, -0.1) is 11.3 Å². The second-order valence-electron chi connectivity index (χ2n) is 6.51. The number of amides is 1. The van der Waals surface area contributed by atoms with Gasteiger partial charge in [-0.1, -0.05) is 35.4 Å². The Balaban J connectivity index is 1.88. The second kappa shape index (κ2) is 9.42. The standard InChI is InChI=1S/C21H20ClN3O3S2/c1-15-5-11-19(12-6-15)30(27,28)25(18-9-7-17(22)8-10-18)14-21(26)24-23-16(2)20-4-3-13-29-20/h3-13H,14H2,1-2H3,(H,24,26)/b23-16-. The molecule has 156 valence electrons. The summed E-state index contributed by atoms with van der Waals surface area (Å²) < 4.78 is 27.6. The average Bonchev–Trinajstić information content (AvgIpc) is 3.26. The van der Waals surface area contributed by atoms with E-state index in [0.717, 1.165) is 14.7 Å². The molecule has 0 bridgehead atoms. The summed E-state index contributed by atoms with van der Waals surface area (Å²) in [7, 11) is -3.98. The minimum atomic E-state index is -3.98. The van der Waals surface area contributed by atoms with Crippen molar-refractivity contribution >= 4 is 50.3 Å².